The number of carbonyl (C=O) groups excluding carboxylic acids is 2. The smallest absolute Gasteiger partial charge is 0.256 e. The molecule has 0 bridgehead atoms. The molecule has 1 aliphatic heterocycles. The summed E-state index contributed by atoms with van der Waals surface area (Å²) in [6, 6.07) is 7.81. The van der Waals surface area contributed by atoms with E-state index in [1.54, 1.807) is 4.90 Å². The van der Waals surface area contributed by atoms with Gasteiger partial charge in [0.15, 0.2) is 0 Å². The van der Waals surface area contributed by atoms with Crippen molar-refractivity contribution in [2.75, 3.05) is 19.6 Å². The molecule has 2 aromatic rings. The van der Waals surface area contributed by atoms with Crippen molar-refractivity contribution in [2.24, 2.45) is 7.05 Å². The van der Waals surface area contributed by atoms with Crippen molar-refractivity contribution in [2.45, 2.75) is 6.42 Å². The molecule has 3 rings (SSSR count). The molecule has 2 amide bonds. The second kappa shape index (κ2) is 5.00. The van der Waals surface area contributed by atoms with Crippen molar-refractivity contribution in [3.63, 3.8) is 0 Å². The van der Waals surface area contributed by atoms with Crippen LogP contribution in [-0.4, -0.2) is 40.9 Å². The molecule has 5 heteroatoms. The zero-order chi connectivity index (χ0) is 14.1. The summed E-state index contributed by atoms with van der Waals surface area (Å²) in [7, 11) is 1.92. The molecule has 1 fully saturated rings. The first-order valence-electron chi connectivity index (χ1n) is 6.77. The largest absolute Gasteiger partial charge is 0.354 e. The van der Waals surface area contributed by atoms with Gasteiger partial charge in [-0.25, -0.2) is 0 Å². The van der Waals surface area contributed by atoms with Crippen LogP contribution in [0.2, 0.25) is 0 Å². The molecule has 20 heavy (non-hydrogen) atoms. The van der Waals surface area contributed by atoms with Crippen molar-refractivity contribution in [3.05, 3.63) is 36.0 Å². The first kappa shape index (κ1) is 12.7. The number of nitrogens with zero attached hydrogens (tertiary/aromatic N) is 2. The summed E-state index contributed by atoms with van der Waals surface area (Å²) >= 11 is 0. The first-order valence-corrected chi connectivity index (χ1v) is 6.77. The van der Waals surface area contributed by atoms with Gasteiger partial charge in [-0.3, -0.25) is 9.59 Å². The monoisotopic (exact) mass is 271 g/mol. The summed E-state index contributed by atoms with van der Waals surface area (Å²) in [6.45, 7) is 1.39. The van der Waals surface area contributed by atoms with E-state index in [9.17, 15) is 9.59 Å². The van der Waals surface area contributed by atoms with Gasteiger partial charge in [0.25, 0.3) is 5.91 Å². The van der Waals surface area contributed by atoms with Crippen LogP contribution in [0.1, 0.15) is 16.8 Å². The first-order chi connectivity index (χ1) is 9.66. The molecule has 0 spiro atoms. The van der Waals surface area contributed by atoms with Gasteiger partial charge in [0, 0.05) is 37.2 Å². The second-order valence-corrected chi connectivity index (χ2v) is 5.10. The molecule has 5 nitrogen and oxygen atoms in total. The number of hydrogen-bond donors (Lipinski definition) is 1. The average Bonchev–Trinajstić information content (AvgIpc) is 2.64. The number of hydrogen-bond acceptors (Lipinski definition) is 2. The maximum atomic E-state index is 12.7. The third-order valence-electron chi connectivity index (χ3n) is 3.68. The zero-order valence-electron chi connectivity index (χ0n) is 11.4. The number of carbonyl (C=O) groups is 2. The molecular weight excluding hydrogens is 254 g/mol. The fraction of sp³-hybridized carbons (Fsp3) is 0.333. The number of nitrogens with one attached hydrogen (secondary N) is 1. The lowest BCUT2D eigenvalue weighted by atomic mass is 10.1. The zero-order valence-corrected chi connectivity index (χ0v) is 11.4. The van der Waals surface area contributed by atoms with Gasteiger partial charge in [-0.05, 0) is 12.5 Å². The van der Waals surface area contributed by atoms with Crippen LogP contribution in [-0.2, 0) is 11.8 Å². The fourth-order valence-corrected chi connectivity index (χ4v) is 2.66. The Balaban J connectivity index is 1.98. The average molecular weight is 271 g/mol. The molecule has 1 saturated heterocycles. The Labute approximate surface area is 117 Å². The number of aromatic nitrogens is 1. The maximum Gasteiger partial charge on any atom is 0.256 e. The molecule has 1 N–H and O–H groups in total. The van der Waals surface area contributed by atoms with Gasteiger partial charge in [0.05, 0.1) is 12.1 Å². The second-order valence-electron chi connectivity index (χ2n) is 5.10. The minimum atomic E-state index is -0.0870. The highest BCUT2D eigenvalue weighted by atomic mass is 16.2. The van der Waals surface area contributed by atoms with Gasteiger partial charge in [-0.15, -0.1) is 0 Å². The lowest BCUT2D eigenvalue weighted by Gasteiger charge is -2.18. The summed E-state index contributed by atoms with van der Waals surface area (Å²) in [4.78, 5) is 25.9. The number of rotatable bonds is 1. The minimum absolute atomic E-state index is 0.0705. The van der Waals surface area contributed by atoms with Crippen LogP contribution < -0.4 is 5.32 Å². The topological polar surface area (TPSA) is 54.3 Å². The molecule has 1 aromatic carbocycles. The molecular formula is C15H17N3O2. The van der Waals surface area contributed by atoms with Crippen LogP contribution >= 0.6 is 0 Å². The highest BCUT2D eigenvalue weighted by Crippen LogP contribution is 2.22. The van der Waals surface area contributed by atoms with E-state index in [1.807, 2.05) is 42.1 Å². The number of aryl methyl sites for hydroxylation is 1. The van der Waals surface area contributed by atoms with Gasteiger partial charge >= 0.3 is 0 Å². The van der Waals surface area contributed by atoms with Crippen molar-refractivity contribution >= 4 is 22.7 Å². The molecule has 0 radical (unpaired) electrons. The van der Waals surface area contributed by atoms with E-state index in [4.69, 9.17) is 0 Å². The van der Waals surface area contributed by atoms with E-state index in [0.717, 1.165) is 17.3 Å². The SMILES string of the molecule is Cn1cc(C(=O)N2CCCNC(=O)C2)c2ccccc21. The Morgan fingerprint density at radius 3 is 2.95 bits per heavy atom. The molecule has 0 atom stereocenters. The van der Waals surface area contributed by atoms with Crippen molar-refractivity contribution < 1.29 is 9.59 Å². The van der Waals surface area contributed by atoms with Gasteiger partial charge in [-0.1, -0.05) is 18.2 Å². The Morgan fingerprint density at radius 1 is 1.30 bits per heavy atom. The van der Waals surface area contributed by atoms with E-state index in [2.05, 4.69) is 5.32 Å². The maximum absolute atomic E-state index is 12.7. The quantitative estimate of drug-likeness (QED) is 0.845. The van der Waals surface area contributed by atoms with Crippen molar-refractivity contribution in [1.29, 1.82) is 0 Å². The summed E-state index contributed by atoms with van der Waals surface area (Å²) in [5.41, 5.74) is 1.69. The fourth-order valence-electron chi connectivity index (χ4n) is 2.66. The summed E-state index contributed by atoms with van der Waals surface area (Å²) < 4.78 is 1.94. The molecule has 2 heterocycles. The third kappa shape index (κ3) is 2.15. The van der Waals surface area contributed by atoms with E-state index < -0.39 is 0 Å². The van der Waals surface area contributed by atoms with Gasteiger partial charge < -0.3 is 14.8 Å². The number of para-hydroxylation sites is 1. The van der Waals surface area contributed by atoms with Gasteiger partial charge in [0.1, 0.15) is 0 Å². The normalized spacial score (nSPS) is 16.1. The Kier molecular flexibility index (Phi) is 3.18. The summed E-state index contributed by atoms with van der Waals surface area (Å²) in [5.74, 6) is -0.157. The molecule has 0 saturated carbocycles. The lowest BCUT2D eigenvalue weighted by molar-refractivity contribution is -0.121. The highest BCUT2D eigenvalue weighted by Gasteiger charge is 2.23. The predicted octanol–water partition coefficient (Wildman–Crippen LogP) is 1.14. The van der Waals surface area contributed by atoms with E-state index >= 15 is 0 Å². The van der Waals surface area contributed by atoms with Crippen LogP contribution in [0.3, 0.4) is 0 Å². The van der Waals surface area contributed by atoms with E-state index in [0.29, 0.717) is 18.7 Å². The summed E-state index contributed by atoms with van der Waals surface area (Å²) in [6.07, 6.45) is 2.64. The van der Waals surface area contributed by atoms with E-state index in [1.165, 1.54) is 0 Å². The van der Waals surface area contributed by atoms with Crippen molar-refractivity contribution in [1.82, 2.24) is 14.8 Å². The van der Waals surface area contributed by atoms with Crippen LogP contribution in [0.15, 0.2) is 30.5 Å². The Morgan fingerprint density at radius 2 is 2.10 bits per heavy atom. The van der Waals surface area contributed by atoms with Crippen LogP contribution in [0.4, 0.5) is 0 Å². The standard InChI is InChI=1S/C15H17N3O2/c1-17-9-12(11-5-2-3-6-13(11)17)15(20)18-8-4-7-16-14(19)10-18/h2-3,5-6,9H,4,7-8,10H2,1H3,(H,16,19). The minimum Gasteiger partial charge on any atom is -0.354 e. The third-order valence-corrected chi connectivity index (χ3v) is 3.68. The molecule has 1 aliphatic rings. The molecule has 104 valence electrons. The Bertz CT molecular complexity index is 675. The molecule has 0 unspecified atom stereocenters. The predicted molar refractivity (Wildman–Crippen MR) is 76.4 cm³/mol. The van der Waals surface area contributed by atoms with Crippen LogP contribution in [0.25, 0.3) is 10.9 Å². The number of fused-ring (bicyclic) bond motifs is 1. The van der Waals surface area contributed by atoms with Gasteiger partial charge in [0.2, 0.25) is 5.91 Å². The molecule has 0 aliphatic carbocycles. The number of amides is 2. The van der Waals surface area contributed by atoms with E-state index in [-0.39, 0.29) is 18.4 Å². The summed E-state index contributed by atoms with van der Waals surface area (Å²) in [5, 5.41) is 3.72. The lowest BCUT2D eigenvalue weighted by Crippen LogP contribution is -2.37. The number of benzene rings is 1. The molecule has 1 aromatic heterocycles. The Hall–Kier alpha value is -2.30. The van der Waals surface area contributed by atoms with Crippen molar-refractivity contribution in [3.8, 4) is 0 Å². The van der Waals surface area contributed by atoms with Gasteiger partial charge in [-0.2, -0.15) is 0 Å². The van der Waals surface area contributed by atoms with Crippen LogP contribution in [0.5, 0.6) is 0 Å². The highest BCUT2D eigenvalue weighted by molar-refractivity contribution is 6.07. The van der Waals surface area contributed by atoms with Crippen LogP contribution in [0, 0.1) is 0 Å².